The molecule has 1 rings (SSSR count). The lowest BCUT2D eigenvalue weighted by Crippen LogP contribution is -2.32. The second-order valence-electron chi connectivity index (χ2n) is 4.64. The van der Waals surface area contributed by atoms with E-state index in [1.54, 1.807) is 20.8 Å². The fourth-order valence-electron chi connectivity index (χ4n) is 1.26. The van der Waals surface area contributed by atoms with Crippen molar-refractivity contribution in [2.45, 2.75) is 32.9 Å². The number of nitrogens with zero attached hydrogens (tertiary/aromatic N) is 1. The van der Waals surface area contributed by atoms with Gasteiger partial charge in [-0.15, -0.1) is 0 Å². The van der Waals surface area contributed by atoms with Crippen LogP contribution in [0.3, 0.4) is 0 Å². The molecular weight excluding hydrogens is 239 g/mol. The summed E-state index contributed by atoms with van der Waals surface area (Å²) in [5.41, 5.74) is -0.410. The molecule has 1 N–H and O–H groups in total. The van der Waals surface area contributed by atoms with Crippen molar-refractivity contribution in [2.24, 2.45) is 0 Å². The van der Waals surface area contributed by atoms with Gasteiger partial charge in [0.25, 0.3) is 0 Å². The first-order valence-electron chi connectivity index (χ1n) is 5.47. The maximum Gasteiger partial charge on any atom is 0.407 e. The van der Waals surface area contributed by atoms with Gasteiger partial charge in [-0.05, 0) is 26.8 Å². The number of ether oxygens (including phenoxy) is 2. The van der Waals surface area contributed by atoms with Gasteiger partial charge < -0.3 is 14.8 Å². The highest BCUT2D eigenvalue weighted by atomic mass is 19.1. The summed E-state index contributed by atoms with van der Waals surface area (Å²) < 4.78 is 23.5. The molecule has 0 fully saturated rings. The average Bonchev–Trinajstić information content (AvgIpc) is 2.24. The van der Waals surface area contributed by atoms with Gasteiger partial charge in [-0.2, -0.15) is 0 Å². The fraction of sp³-hybridized carbons (Fsp3) is 0.500. The molecule has 1 heterocycles. The number of carbonyl (C=O) groups excluding carboxylic acids is 1. The minimum absolute atomic E-state index is 0.0439. The van der Waals surface area contributed by atoms with Crippen molar-refractivity contribution in [3.63, 3.8) is 0 Å². The average molecular weight is 256 g/mol. The van der Waals surface area contributed by atoms with Crippen LogP contribution in [0.2, 0.25) is 0 Å². The number of aromatic nitrogens is 1. The fourth-order valence-corrected chi connectivity index (χ4v) is 1.26. The minimum Gasteiger partial charge on any atom is -0.481 e. The van der Waals surface area contributed by atoms with Crippen LogP contribution in [0.1, 0.15) is 26.3 Å². The molecule has 1 aromatic rings. The summed E-state index contributed by atoms with van der Waals surface area (Å²) in [7, 11) is 1.39. The first-order chi connectivity index (χ1) is 8.33. The van der Waals surface area contributed by atoms with Crippen LogP contribution in [0.4, 0.5) is 9.18 Å². The lowest BCUT2D eigenvalue weighted by Gasteiger charge is -2.19. The van der Waals surface area contributed by atoms with Crippen molar-refractivity contribution in [3.8, 4) is 5.88 Å². The third-order valence-corrected chi connectivity index (χ3v) is 1.96. The maximum absolute atomic E-state index is 13.5. The Morgan fingerprint density at radius 1 is 1.50 bits per heavy atom. The van der Waals surface area contributed by atoms with Crippen molar-refractivity contribution < 1.29 is 18.7 Å². The lowest BCUT2D eigenvalue weighted by molar-refractivity contribution is 0.0523. The van der Waals surface area contributed by atoms with Crippen LogP contribution >= 0.6 is 0 Å². The number of methoxy groups -OCH3 is 1. The van der Waals surface area contributed by atoms with Crippen molar-refractivity contribution in [3.05, 3.63) is 23.6 Å². The van der Waals surface area contributed by atoms with E-state index in [2.05, 4.69) is 10.3 Å². The highest BCUT2D eigenvalue weighted by molar-refractivity contribution is 5.67. The Kier molecular flexibility index (Phi) is 4.47. The molecule has 0 aliphatic rings. The molecule has 0 bridgehead atoms. The number of carbonyl (C=O) groups is 1. The molecule has 0 atom stereocenters. The van der Waals surface area contributed by atoms with Crippen molar-refractivity contribution in [1.29, 1.82) is 0 Å². The van der Waals surface area contributed by atoms with E-state index in [1.165, 1.54) is 19.4 Å². The molecule has 6 heteroatoms. The zero-order chi connectivity index (χ0) is 13.8. The normalized spacial score (nSPS) is 10.9. The number of amides is 1. The van der Waals surface area contributed by atoms with Gasteiger partial charge in [0.1, 0.15) is 11.4 Å². The topological polar surface area (TPSA) is 60.5 Å². The molecule has 0 aliphatic carbocycles. The van der Waals surface area contributed by atoms with Gasteiger partial charge >= 0.3 is 6.09 Å². The zero-order valence-corrected chi connectivity index (χ0v) is 10.9. The summed E-state index contributed by atoms with van der Waals surface area (Å²) in [6, 6.07) is 1.20. The zero-order valence-electron chi connectivity index (χ0n) is 10.9. The predicted molar refractivity (Wildman–Crippen MR) is 63.8 cm³/mol. The summed E-state index contributed by atoms with van der Waals surface area (Å²) in [5.74, 6) is -0.344. The predicted octanol–water partition coefficient (Wildman–Crippen LogP) is 2.25. The van der Waals surface area contributed by atoms with Crippen LogP contribution in [0.5, 0.6) is 5.88 Å². The Balaban J connectivity index is 2.66. The second-order valence-corrected chi connectivity index (χ2v) is 4.64. The number of nitrogens with one attached hydrogen (secondary N) is 1. The van der Waals surface area contributed by atoms with E-state index in [9.17, 15) is 9.18 Å². The van der Waals surface area contributed by atoms with Crippen LogP contribution in [-0.4, -0.2) is 23.8 Å². The van der Waals surface area contributed by atoms with Crippen LogP contribution in [0, 0.1) is 5.82 Å². The van der Waals surface area contributed by atoms with Crippen molar-refractivity contribution in [2.75, 3.05) is 7.11 Å². The number of rotatable bonds is 3. The number of pyridine rings is 1. The largest absolute Gasteiger partial charge is 0.481 e. The Morgan fingerprint density at radius 2 is 2.17 bits per heavy atom. The summed E-state index contributed by atoms with van der Waals surface area (Å²) in [4.78, 5) is 15.3. The van der Waals surface area contributed by atoms with Gasteiger partial charge in [0.2, 0.25) is 5.88 Å². The lowest BCUT2D eigenvalue weighted by atomic mass is 10.2. The molecule has 0 saturated carbocycles. The van der Waals surface area contributed by atoms with Gasteiger partial charge in [0.15, 0.2) is 0 Å². The molecule has 1 amide bonds. The van der Waals surface area contributed by atoms with Gasteiger partial charge in [-0.1, -0.05) is 0 Å². The Hall–Kier alpha value is -1.85. The second kappa shape index (κ2) is 5.66. The molecule has 0 unspecified atom stereocenters. The number of alkyl carbamates (subject to hydrolysis) is 1. The Morgan fingerprint density at radius 3 is 2.72 bits per heavy atom. The van der Waals surface area contributed by atoms with E-state index in [4.69, 9.17) is 9.47 Å². The smallest absolute Gasteiger partial charge is 0.407 e. The minimum atomic E-state index is -0.618. The van der Waals surface area contributed by atoms with Gasteiger partial charge in [0, 0.05) is 6.20 Å². The number of hydrogen-bond donors (Lipinski definition) is 1. The van der Waals surface area contributed by atoms with E-state index >= 15 is 0 Å². The first kappa shape index (κ1) is 14.2. The summed E-state index contributed by atoms with van der Waals surface area (Å²) in [6.45, 7) is 5.20. The highest BCUT2D eigenvalue weighted by Gasteiger charge is 2.17. The van der Waals surface area contributed by atoms with Crippen LogP contribution in [0.25, 0.3) is 0 Å². The number of halogens is 1. The monoisotopic (exact) mass is 256 g/mol. The van der Waals surface area contributed by atoms with Gasteiger partial charge in [-0.25, -0.2) is 14.2 Å². The number of hydrogen-bond acceptors (Lipinski definition) is 4. The molecule has 100 valence electrons. The summed E-state index contributed by atoms with van der Waals surface area (Å²) in [5, 5.41) is 2.45. The van der Waals surface area contributed by atoms with E-state index in [0.717, 1.165) is 0 Å². The molecule has 0 aromatic carbocycles. The van der Waals surface area contributed by atoms with Gasteiger partial charge in [0.05, 0.1) is 19.2 Å². The van der Waals surface area contributed by atoms with E-state index < -0.39 is 17.5 Å². The molecule has 18 heavy (non-hydrogen) atoms. The third kappa shape index (κ3) is 4.20. The van der Waals surface area contributed by atoms with E-state index in [0.29, 0.717) is 0 Å². The van der Waals surface area contributed by atoms with E-state index in [1.807, 2.05) is 0 Å². The molecule has 0 saturated heterocycles. The Bertz CT molecular complexity index is 430. The van der Waals surface area contributed by atoms with Gasteiger partial charge in [-0.3, -0.25) is 0 Å². The molecule has 0 radical (unpaired) electrons. The van der Waals surface area contributed by atoms with Crippen LogP contribution in [0.15, 0.2) is 12.3 Å². The van der Waals surface area contributed by atoms with Crippen molar-refractivity contribution in [1.82, 2.24) is 10.3 Å². The van der Waals surface area contributed by atoms with Crippen LogP contribution < -0.4 is 10.1 Å². The third-order valence-electron chi connectivity index (χ3n) is 1.96. The van der Waals surface area contributed by atoms with Crippen LogP contribution in [-0.2, 0) is 11.3 Å². The highest BCUT2D eigenvalue weighted by Crippen LogP contribution is 2.17. The molecule has 5 nitrogen and oxygen atoms in total. The standard InChI is InChI=1S/C12H17FN2O3/c1-12(2,3)18-11(16)15-7-8-9(13)5-6-14-10(8)17-4/h5-6H,7H2,1-4H3,(H,15,16). The first-order valence-corrected chi connectivity index (χ1v) is 5.47. The SMILES string of the molecule is COc1nccc(F)c1CNC(=O)OC(C)(C)C. The molecule has 1 aromatic heterocycles. The molecule has 0 spiro atoms. The summed E-state index contributed by atoms with van der Waals surface area (Å²) >= 11 is 0. The maximum atomic E-state index is 13.5. The van der Waals surface area contributed by atoms with Crippen molar-refractivity contribution >= 4 is 6.09 Å². The van der Waals surface area contributed by atoms with E-state index in [-0.39, 0.29) is 18.0 Å². The Labute approximate surface area is 105 Å². The summed E-state index contributed by atoms with van der Waals surface area (Å²) in [6.07, 6.45) is 0.679. The molecule has 0 aliphatic heterocycles. The molecular formula is C12H17FN2O3. The quantitative estimate of drug-likeness (QED) is 0.901.